The molecule has 4 aromatic rings. The van der Waals surface area contributed by atoms with Gasteiger partial charge in [0.25, 0.3) is 0 Å². The van der Waals surface area contributed by atoms with Crippen LogP contribution in [0.5, 0.6) is 11.6 Å². The van der Waals surface area contributed by atoms with E-state index in [-0.39, 0.29) is 0 Å². The zero-order valence-corrected chi connectivity index (χ0v) is 13.1. The fourth-order valence-corrected chi connectivity index (χ4v) is 2.56. The number of imidazole rings is 1. The van der Waals surface area contributed by atoms with Gasteiger partial charge in [0, 0.05) is 24.4 Å². The van der Waals surface area contributed by atoms with Crippen molar-refractivity contribution in [3.8, 4) is 22.8 Å². The summed E-state index contributed by atoms with van der Waals surface area (Å²) >= 11 is 0. The molecule has 0 unspecified atom stereocenters. The molecule has 3 aromatic heterocycles. The number of rotatable bonds is 4. The van der Waals surface area contributed by atoms with Crippen molar-refractivity contribution in [2.45, 2.75) is 13.5 Å². The van der Waals surface area contributed by atoms with E-state index in [1.54, 1.807) is 18.7 Å². The number of benzene rings is 1. The van der Waals surface area contributed by atoms with Crippen LogP contribution in [0.2, 0.25) is 0 Å². The average Bonchev–Trinajstić information content (AvgIpc) is 3.06. The van der Waals surface area contributed by atoms with Crippen LogP contribution in [0, 0.1) is 0 Å². The minimum Gasteiger partial charge on any atom is -0.439 e. The molecule has 0 N–H and O–H groups in total. The molecule has 0 atom stereocenters. The van der Waals surface area contributed by atoms with Gasteiger partial charge in [-0.05, 0) is 30.7 Å². The second kappa shape index (κ2) is 6.08. The van der Waals surface area contributed by atoms with Crippen LogP contribution >= 0.6 is 0 Å². The molecule has 0 saturated heterocycles. The first-order valence-electron chi connectivity index (χ1n) is 7.71. The Morgan fingerprint density at radius 1 is 1.08 bits per heavy atom. The third kappa shape index (κ3) is 2.58. The maximum Gasteiger partial charge on any atom is 0.219 e. The van der Waals surface area contributed by atoms with Crippen LogP contribution < -0.4 is 4.74 Å². The molecular formula is C18H15N5O. The Balaban J connectivity index is 1.75. The predicted octanol–water partition coefficient (Wildman–Crippen LogP) is 3.70. The molecule has 118 valence electrons. The first kappa shape index (κ1) is 14.3. The summed E-state index contributed by atoms with van der Waals surface area (Å²) in [5, 5.41) is 8.30. The first-order chi connectivity index (χ1) is 11.8. The molecule has 0 aliphatic rings. The lowest BCUT2D eigenvalue weighted by Gasteiger charge is -2.07. The number of hydrogen-bond acceptors (Lipinski definition) is 5. The number of pyridine rings is 1. The molecule has 0 saturated carbocycles. The molecule has 4 rings (SSSR count). The van der Waals surface area contributed by atoms with E-state index in [2.05, 4.69) is 20.2 Å². The summed E-state index contributed by atoms with van der Waals surface area (Å²) in [5.74, 6) is 1.27. The zero-order valence-electron chi connectivity index (χ0n) is 13.1. The lowest BCUT2D eigenvalue weighted by Crippen LogP contribution is -1.95. The quantitative estimate of drug-likeness (QED) is 0.574. The Kier molecular flexibility index (Phi) is 3.63. The Morgan fingerprint density at radius 3 is 2.79 bits per heavy atom. The van der Waals surface area contributed by atoms with Crippen LogP contribution in [0.15, 0.2) is 61.2 Å². The highest BCUT2D eigenvalue weighted by atomic mass is 16.5. The van der Waals surface area contributed by atoms with E-state index < -0.39 is 0 Å². The number of aromatic nitrogens is 5. The largest absolute Gasteiger partial charge is 0.439 e. The van der Waals surface area contributed by atoms with Gasteiger partial charge in [-0.3, -0.25) is 0 Å². The summed E-state index contributed by atoms with van der Waals surface area (Å²) < 4.78 is 7.77. The number of aryl methyl sites for hydroxylation is 1. The van der Waals surface area contributed by atoms with E-state index in [1.807, 2.05) is 54.0 Å². The standard InChI is InChI=1S/C18H15N5O/c1-2-23-12-20-17-15(11-21-22-18(17)23)13-8-9-19-16(10-13)24-14-6-4-3-5-7-14/h3-12H,2H2,1H3. The highest BCUT2D eigenvalue weighted by molar-refractivity contribution is 5.89. The third-order valence-electron chi connectivity index (χ3n) is 3.76. The Hall–Kier alpha value is -3.28. The molecule has 0 aliphatic heterocycles. The smallest absolute Gasteiger partial charge is 0.219 e. The van der Waals surface area contributed by atoms with Gasteiger partial charge in [-0.25, -0.2) is 9.97 Å². The Bertz CT molecular complexity index is 981. The maximum atomic E-state index is 5.81. The van der Waals surface area contributed by atoms with Gasteiger partial charge in [0.1, 0.15) is 11.3 Å². The molecule has 0 spiro atoms. The molecule has 0 radical (unpaired) electrons. The minimum absolute atomic E-state index is 0.526. The van der Waals surface area contributed by atoms with Gasteiger partial charge in [-0.2, -0.15) is 5.10 Å². The maximum absolute atomic E-state index is 5.81. The fourth-order valence-electron chi connectivity index (χ4n) is 2.56. The summed E-state index contributed by atoms with van der Waals surface area (Å²) in [6.45, 7) is 2.85. The molecule has 6 nitrogen and oxygen atoms in total. The Labute approximate surface area is 138 Å². The van der Waals surface area contributed by atoms with Crippen LogP contribution in [-0.4, -0.2) is 24.7 Å². The summed E-state index contributed by atoms with van der Waals surface area (Å²) in [6.07, 6.45) is 5.22. The summed E-state index contributed by atoms with van der Waals surface area (Å²) in [5.41, 5.74) is 3.45. The van der Waals surface area contributed by atoms with E-state index in [0.717, 1.165) is 34.6 Å². The van der Waals surface area contributed by atoms with E-state index in [1.165, 1.54) is 0 Å². The van der Waals surface area contributed by atoms with Crippen LogP contribution in [0.25, 0.3) is 22.3 Å². The molecule has 24 heavy (non-hydrogen) atoms. The van der Waals surface area contributed by atoms with Crippen LogP contribution in [-0.2, 0) is 6.54 Å². The van der Waals surface area contributed by atoms with Crippen molar-refractivity contribution in [2.24, 2.45) is 0 Å². The lowest BCUT2D eigenvalue weighted by molar-refractivity contribution is 0.463. The molecule has 3 heterocycles. The number of para-hydroxylation sites is 1. The monoisotopic (exact) mass is 317 g/mol. The molecule has 6 heteroatoms. The number of fused-ring (bicyclic) bond motifs is 1. The van der Waals surface area contributed by atoms with Crippen molar-refractivity contribution in [3.63, 3.8) is 0 Å². The van der Waals surface area contributed by atoms with Gasteiger partial charge in [0.2, 0.25) is 5.88 Å². The predicted molar refractivity (Wildman–Crippen MR) is 90.7 cm³/mol. The van der Waals surface area contributed by atoms with Crippen LogP contribution in [0.4, 0.5) is 0 Å². The van der Waals surface area contributed by atoms with Gasteiger partial charge in [-0.15, -0.1) is 5.10 Å². The van der Waals surface area contributed by atoms with Crippen molar-refractivity contribution in [3.05, 3.63) is 61.2 Å². The van der Waals surface area contributed by atoms with Gasteiger partial charge < -0.3 is 9.30 Å². The van der Waals surface area contributed by atoms with Crippen LogP contribution in [0.1, 0.15) is 6.92 Å². The summed E-state index contributed by atoms with van der Waals surface area (Å²) in [4.78, 5) is 8.76. The van der Waals surface area contributed by atoms with Crippen molar-refractivity contribution in [1.29, 1.82) is 0 Å². The van der Waals surface area contributed by atoms with Crippen molar-refractivity contribution < 1.29 is 4.74 Å². The van der Waals surface area contributed by atoms with Gasteiger partial charge in [0.05, 0.1) is 12.5 Å². The topological polar surface area (TPSA) is 65.7 Å². The average molecular weight is 317 g/mol. The molecule has 0 bridgehead atoms. The first-order valence-corrected chi connectivity index (χ1v) is 7.71. The second-order valence-corrected chi connectivity index (χ2v) is 5.26. The summed E-state index contributed by atoms with van der Waals surface area (Å²) in [6, 6.07) is 13.4. The minimum atomic E-state index is 0.526. The van der Waals surface area contributed by atoms with E-state index in [9.17, 15) is 0 Å². The number of hydrogen-bond donors (Lipinski definition) is 0. The molecule has 0 fully saturated rings. The van der Waals surface area contributed by atoms with Gasteiger partial charge in [-0.1, -0.05) is 18.2 Å². The number of nitrogens with zero attached hydrogens (tertiary/aromatic N) is 5. The van der Waals surface area contributed by atoms with E-state index in [0.29, 0.717) is 5.88 Å². The van der Waals surface area contributed by atoms with E-state index >= 15 is 0 Å². The molecule has 1 aromatic carbocycles. The summed E-state index contributed by atoms with van der Waals surface area (Å²) in [7, 11) is 0. The van der Waals surface area contributed by atoms with Crippen molar-refractivity contribution in [2.75, 3.05) is 0 Å². The SMILES string of the molecule is CCn1cnc2c(-c3ccnc(Oc4ccccc4)c3)cnnc21. The second-order valence-electron chi connectivity index (χ2n) is 5.26. The molecular weight excluding hydrogens is 302 g/mol. The highest BCUT2D eigenvalue weighted by Crippen LogP contribution is 2.28. The van der Waals surface area contributed by atoms with Gasteiger partial charge >= 0.3 is 0 Å². The van der Waals surface area contributed by atoms with Crippen molar-refractivity contribution in [1.82, 2.24) is 24.7 Å². The lowest BCUT2D eigenvalue weighted by atomic mass is 10.1. The zero-order chi connectivity index (χ0) is 16.4. The fraction of sp³-hybridized carbons (Fsp3) is 0.111. The normalized spacial score (nSPS) is 10.9. The van der Waals surface area contributed by atoms with Gasteiger partial charge in [0.15, 0.2) is 5.65 Å². The Morgan fingerprint density at radius 2 is 1.96 bits per heavy atom. The van der Waals surface area contributed by atoms with E-state index in [4.69, 9.17) is 4.74 Å². The highest BCUT2D eigenvalue weighted by Gasteiger charge is 2.12. The molecule has 0 amide bonds. The number of ether oxygens (including phenoxy) is 1. The van der Waals surface area contributed by atoms with Crippen molar-refractivity contribution >= 4 is 11.2 Å². The van der Waals surface area contributed by atoms with Crippen LogP contribution in [0.3, 0.4) is 0 Å². The third-order valence-corrected chi connectivity index (χ3v) is 3.76. The molecule has 0 aliphatic carbocycles.